The van der Waals surface area contributed by atoms with Gasteiger partial charge in [-0.1, -0.05) is 31.2 Å². The molecule has 0 aliphatic carbocycles. The number of imidazole rings is 1. The van der Waals surface area contributed by atoms with Crippen molar-refractivity contribution in [2.45, 2.75) is 32.9 Å². The third-order valence-electron chi connectivity index (χ3n) is 4.21. The molecule has 0 fully saturated rings. The van der Waals surface area contributed by atoms with Gasteiger partial charge in [-0.15, -0.1) is 35.3 Å². The van der Waals surface area contributed by atoms with E-state index in [9.17, 15) is 0 Å². The molecular weight excluding hydrogens is 483 g/mol. The Hall–Kier alpha value is -1.94. The second-order valence-electron chi connectivity index (χ2n) is 6.23. The van der Waals surface area contributed by atoms with Gasteiger partial charge in [0.25, 0.3) is 0 Å². The van der Waals surface area contributed by atoms with Gasteiger partial charge in [-0.05, 0) is 17.5 Å². The smallest absolute Gasteiger partial charge is 0.191 e. The predicted octanol–water partition coefficient (Wildman–Crippen LogP) is 3.48. The lowest BCUT2D eigenvalue weighted by atomic mass is 10.1. The molecule has 0 saturated heterocycles. The summed E-state index contributed by atoms with van der Waals surface area (Å²) in [7, 11) is 1.79. The number of guanidine groups is 1. The largest absolute Gasteiger partial charge is 0.356 e. The maximum atomic E-state index is 4.45. The Bertz CT molecular complexity index is 842. The van der Waals surface area contributed by atoms with Gasteiger partial charge < -0.3 is 15.2 Å². The van der Waals surface area contributed by atoms with E-state index in [0.29, 0.717) is 0 Å². The Morgan fingerprint density at radius 1 is 1.18 bits per heavy atom. The molecule has 0 aliphatic rings. The summed E-state index contributed by atoms with van der Waals surface area (Å²) in [5.74, 6) is 0.810. The second kappa shape index (κ2) is 11.8. The molecule has 0 amide bonds. The fraction of sp³-hybridized carbons (Fsp3) is 0.350. The molecule has 150 valence electrons. The Balaban J connectivity index is 0.00000280. The van der Waals surface area contributed by atoms with Gasteiger partial charge in [-0.3, -0.25) is 4.99 Å². The van der Waals surface area contributed by atoms with Crippen LogP contribution in [-0.4, -0.2) is 34.1 Å². The number of aryl methyl sites for hydroxylation is 1. The first-order valence-corrected chi connectivity index (χ1v) is 10.00. The average molecular weight is 510 g/mol. The summed E-state index contributed by atoms with van der Waals surface area (Å²) in [6, 6.07) is 8.60. The van der Waals surface area contributed by atoms with E-state index in [1.54, 1.807) is 24.6 Å². The summed E-state index contributed by atoms with van der Waals surface area (Å²) in [6.45, 7) is 4.56. The number of hydrogen-bond donors (Lipinski definition) is 2. The maximum Gasteiger partial charge on any atom is 0.191 e. The van der Waals surface area contributed by atoms with Crippen molar-refractivity contribution >= 4 is 41.3 Å². The van der Waals surface area contributed by atoms with Crippen LogP contribution < -0.4 is 10.6 Å². The highest BCUT2D eigenvalue weighted by atomic mass is 127. The van der Waals surface area contributed by atoms with Crippen LogP contribution in [0.15, 0.2) is 54.2 Å². The van der Waals surface area contributed by atoms with E-state index in [4.69, 9.17) is 0 Å². The van der Waals surface area contributed by atoms with Gasteiger partial charge in [0.15, 0.2) is 5.96 Å². The molecule has 0 unspecified atom stereocenters. The quantitative estimate of drug-likeness (QED) is 0.277. The highest BCUT2D eigenvalue weighted by Gasteiger charge is 2.03. The number of nitrogens with one attached hydrogen (secondary N) is 2. The highest BCUT2D eigenvalue weighted by Crippen LogP contribution is 2.13. The van der Waals surface area contributed by atoms with E-state index < -0.39 is 0 Å². The minimum Gasteiger partial charge on any atom is -0.356 e. The Morgan fingerprint density at radius 2 is 1.96 bits per heavy atom. The van der Waals surface area contributed by atoms with Crippen LogP contribution in [0.25, 0.3) is 0 Å². The van der Waals surface area contributed by atoms with Crippen molar-refractivity contribution < 1.29 is 0 Å². The van der Waals surface area contributed by atoms with Gasteiger partial charge in [0.05, 0.1) is 11.3 Å². The van der Waals surface area contributed by atoms with Crippen molar-refractivity contribution in [1.82, 2.24) is 25.2 Å². The van der Waals surface area contributed by atoms with Crippen LogP contribution in [0.2, 0.25) is 0 Å². The first-order chi connectivity index (χ1) is 13.3. The SMILES string of the molecule is CCc1cnc(CCNC(=NC)NCc2ccc(Cn3ccnc3)cc2)s1.I. The van der Waals surface area contributed by atoms with E-state index in [-0.39, 0.29) is 24.0 Å². The Morgan fingerprint density at radius 3 is 2.61 bits per heavy atom. The standard InChI is InChI=1S/C20H26N6S.HI/c1-3-18-13-24-19(27-18)8-9-23-20(21-2)25-12-16-4-6-17(7-5-16)14-26-11-10-22-15-26;/h4-7,10-11,13,15H,3,8-9,12,14H2,1-2H3,(H2,21,23,25);1H. The molecule has 0 radical (unpaired) electrons. The first-order valence-electron chi connectivity index (χ1n) is 9.18. The molecule has 0 bridgehead atoms. The zero-order valence-corrected chi connectivity index (χ0v) is 19.4. The molecule has 8 heteroatoms. The molecular formula is C20H27IN6S. The van der Waals surface area contributed by atoms with Gasteiger partial charge in [-0.25, -0.2) is 9.97 Å². The molecule has 0 spiro atoms. The lowest BCUT2D eigenvalue weighted by Gasteiger charge is -2.12. The molecule has 0 saturated carbocycles. The third-order valence-corrected chi connectivity index (χ3v) is 5.41. The zero-order valence-electron chi connectivity index (χ0n) is 16.3. The molecule has 0 atom stereocenters. The Kier molecular flexibility index (Phi) is 9.42. The van der Waals surface area contributed by atoms with Crippen molar-refractivity contribution in [2.75, 3.05) is 13.6 Å². The summed E-state index contributed by atoms with van der Waals surface area (Å²) in [5, 5.41) is 7.88. The topological polar surface area (TPSA) is 67.1 Å². The fourth-order valence-electron chi connectivity index (χ4n) is 2.67. The van der Waals surface area contributed by atoms with Crippen molar-refractivity contribution in [1.29, 1.82) is 0 Å². The van der Waals surface area contributed by atoms with Crippen LogP contribution in [0.5, 0.6) is 0 Å². The van der Waals surface area contributed by atoms with Crippen LogP contribution >= 0.6 is 35.3 Å². The van der Waals surface area contributed by atoms with E-state index in [0.717, 1.165) is 38.4 Å². The van der Waals surface area contributed by atoms with E-state index in [1.807, 2.05) is 18.7 Å². The van der Waals surface area contributed by atoms with E-state index >= 15 is 0 Å². The molecule has 0 aliphatic heterocycles. The molecule has 1 aromatic carbocycles. The number of benzene rings is 1. The first kappa shape index (κ1) is 22.4. The van der Waals surface area contributed by atoms with Crippen molar-refractivity contribution in [2.24, 2.45) is 4.99 Å². The number of rotatable bonds is 8. The predicted molar refractivity (Wildman–Crippen MR) is 127 cm³/mol. The fourth-order valence-corrected chi connectivity index (χ4v) is 3.54. The van der Waals surface area contributed by atoms with Gasteiger partial charge in [0.2, 0.25) is 0 Å². The second-order valence-corrected chi connectivity index (χ2v) is 7.43. The number of aromatic nitrogens is 3. The summed E-state index contributed by atoms with van der Waals surface area (Å²) in [4.78, 5) is 14.2. The van der Waals surface area contributed by atoms with Crippen molar-refractivity contribution in [3.8, 4) is 0 Å². The minimum atomic E-state index is 0. The Labute approximate surface area is 187 Å². The minimum absolute atomic E-state index is 0. The monoisotopic (exact) mass is 510 g/mol. The molecule has 28 heavy (non-hydrogen) atoms. The summed E-state index contributed by atoms with van der Waals surface area (Å²) in [6.07, 6.45) is 9.54. The van der Waals surface area contributed by atoms with Gasteiger partial charge in [-0.2, -0.15) is 0 Å². The zero-order chi connectivity index (χ0) is 18.9. The number of halogens is 1. The number of aliphatic imine (C=N–C) groups is 1. The summed E-state index contributed by atoms with van der Waals surface area (Å²) >= 11 is 1.79. The van der Waals surface area contributed by atoms with Crippen LogP contribution in [0, 0.1) is 0 Å². The van der Waals surface area contributed by atoms with Crippen LogP contribution in [-0.2, 0) is 25.9 Å². The average Bonchev–Trinajstić information content (AvgIpc) is 3.37. The summed E-state index contributed by atoms with van der Waals surface area (Å²) < 4.78 is 2.06. The lowest BCUT2D eigenvalue weighted by molar-refractivity contribution is 0.786. The molecule has 6 nitrogen and oxygen atoms in total. The van der Waals surface area contributed by atoms with Crippen LogP contribution in [0.4, 0.5) is 0 Å². The molecule has 2 heterocycles. The van der Waals surface area contributed by atoms with Gasteiger partial charge >= 0.3 is 0 Å². The third kappa shape index (κ3) is 6.90. The maximum absolute atomic E-state index is 4.45. The van der Waals surface area contributed by atoms with Crippen LogP contribution in [0.3, 0.4) is 0 Å². The van der Waals surface area contributed by atoms with E-state index in [2.05, 4.69) is 61.4 Å². The normalized spacial score (nSPS) is 11.1. The van der Waals surface area contributed by atoms with Crippen molar-refractivity contribution in [3.05, 3.63) is 70.2 Å². The number of nitrogens with zero attached hydrogens (tertiary/aromatic N) is 4. The molecule has 2 N–H and O–H groups in total. The number of thiazole rings is 1. The molecule has 3 rings (SSSR count). The highest BCUT2D eigenvalue weighted by molar-refractivity contribution is 14.0. The molecule has 2 aromatic heterocycles. The molecule has 3 aromatic rings. The van der Waals surface area contributed by atoms with Gasteiger partial charge in [0.1, 0.15) is 0 Å². The number of hydrogen-bond acceptors (Lipinski definition) is 4. The van der Waals surface area contributed by atoms with Crippen molar-refractivity contribution in [3.63, 3.8) is 0 Å². The van der Waals surface area contributed by atoms with Gasteiger partial charge in [0, 0.05) is 56.6 Å². The summed E-state index contributed by atoms with van der Waals surface area (Å²) in [5.41, 5.74) is 2.48. The van der Waals surface area contributed by atoms with Crippen LogP contribution in [0.1, 0.15) is 27.9 Å². The van der Waals surface area contributed by atoms with E-state index in [1.165, 1.54) is 21.0 Å². The lowest BCUT2D eigenvalue weighted by Crippen LogP contribution is -2.37.